The number of imide groups is 1. The minimum Gasteiger partial charge on any atom is -0.268 e. The van der Waals surface area contributed by atoms with E-state index in [1.54, 1.807) is 11.6 Å². The van der Waals surface area contributed by atoms with E-state index in [9.17, 15) is 9.59 Å². The Morgan fingerprint density at radius 3 is 2.06 bits per heavy atom. The average Bonchev–Trinajstić information content (AvgIpc) is 2.92. The van der Waals surface area contributed by atoms with Crippen molar-refractivity contribution in [2.45, 2.75) is 13.8 Å². The summed E-state index contributed by atoms with van der Waals surface area (Å²) in [4.78, 5) is 29.9. The number of hydrogen-bond donors (Lipinski definition) is 0. The second-order valence-corrected chi connectivity index (χ2v) is 5.08. The molecule has 0 radical (unpaired) electrons. The van der Waals surface area contributed by atoms with Crippen LogP contribution in [0.5, 0.6) is 0 Å². The van der Waals surface area contributed by atoms with E-state index in [4.69, 9.17) is 0 Å². The number of carbonyl (C=O) groups is 2. The van der Waals surface area contributed by atoms with E-state index < -0.39 is 0 Å². The number of anilines is 1. The van der Waals surface area contributed by atoms with Crippen LogP contribution >= 0.6 is 11.3 Å². The van der Waals surface area contributed by atoms with Crippen LogP contribution in [0.1, 0.15) is 31.8 Å². The Labute approximate surface area is 108 Å². The van der Waals surface area contributed by atoms with E-state index in [0.717, 1.165) is 16.0 Å². The zero-order valence-electron chi connectivity index (χ0n) is 9.93. The number of fused-ring (bicyclic) bond motifs is 1. The van der Waals surface area contributed by atoms with Gasteiger partial charge in [-0.05, 0) is 25.0 Å². The van der Waals surface area contributed by atoms with Crippen LogP contribution in [0.25, 0.3) is 0 Å². The number of nitrogens with zero attached hydrogens (tertiary/aromatic N) is 2. The summed E-state index contributed by atoms with van der Waals surface area (Å²) < 4.78 is 0. The molecule has 0 N–H and O–H groups in total. The molecule has 0 bridgehead atoms. The number of carbonyl (C=O) groups excluding carboxylic acids is 2. The van der Waals surface area contributed by atoms with Gasteiger partial charge in [-0.25, -0.2) is 9.88 Å². The summed E-state index contributed by atoms with van der Waals surface area (Å²) in [6.45, 7) is 3.68. The lowest BCUT2D eigenvalue weighted by atomic mass is 9.99. The molecule has 0 saturated heterocycles. The number of rotatable bonds is 1. The van der Waals surface area contributed by atoms with Crippen molar-refractivity contribution in [3.05, 3.63) is 46.0 Å². The predicted molar refractivity (Wildman–Crippen MR) is 69.2 cm³/mol. The van der Waals surface area contributed by atoms with E-state index in [-0.39, 0.29) is 11.8 Å². The molecule has 2 heterocycles. The number of amides is 2. The number of thiazole rings is 1. The first-order valence-corrected chi connectivity index (χ1v) is 6.37. The van der Waals surface area contributed by atoms with Crippen LogP contribution in [0, 0.1) is 13.8 Å². The maximum atomic E-state index is 12.4. The second-order valence-electron chi connectivity index (χ2n) is 4.21. The Kier molecular flexibility index (Phi) is 2.31. The first-order valence-electron chi connectivity index (χ1n) is 5.49. The van der Waals surface area contributed by atoms with Gasteiger partial charge < -0.3 is 0 Å². The lowest BCUT2D eigenvalue weighted by Gasteiger charge is -2.08. The van der Waals surface area contributed by atoms with Gasteiger partial charge in [0.25, 0.3) is 11.8 Å². The van der Waals surface area contributed by atoms with Crippen LogP contribution in [-0.4, -0.2) is 16.8 Å². The van der Waals surface area contributed by atoms with Crippen molar-refractivity contribution in [3.8, 4) is 0 Å². The monoisotopic (exact) mass is 258 g/mol. The molecule has 1 aromatic carbocycles. The highest BCUT2D eigenvalue weighted by Gasteiger charge is 2.40. The van der Waals surface area contributed by atoms with Crippen molar-refractivity contribution in [2.24, 2.45) is 0 Å². The zero-order chi connectivity index (χ0) is 12.9. The first-order chi connectivity index (χ1) is 8.61. The molecular weight excluding hydrogens is 248 g/mol. The van der Waals surface area contributed by atoms with Crippen LogP contribution in [-0.2, 0) is 0 Å². The lowest BCUT2D eigenvalue weighted by molar-refractivity contribution is 0.0926. The van der Waals surface area contributed by atoms with Crippen molar-refractivity contribution in [1.29, 1.82) is 0 Å². The number of aryl methyl sites for hydroxylation is 2. The Morgan fingerprint density at radius 2 is 1.61 bits per heavy atom. The Balaban J connectivity index is 2.23. The van der Waals surface area contributed by atoms with Crippen molar-refractivity contribution in [1.82, 2.24) is 4.98 Å². The third-order valence-corrected chi connectivity index (χ3v) is 3.82. The van der Waals surface area contributed by atoms with E-state index in [0.29, 0.717) is 16.3 Å². The van der Waals surface area contributed by atoms with E-state index >= 15 is 0 Å². The fourth-order valence-corrected chi connectivity index (χ4v) is 2.81. The number of aromatic nitrogens is 1. The van der Waals surface area contributed by atoms with Crippen molar-refractivity contribution < 1.29 is 9.59 Å². The smallest absolute Gasteiger partial charge is 0.268 e. The molecule has 2 aromatic rings. The van der Waals surface area contributed by atoms with Crippen LogP contribution in [0.2, 0.25) is 0 Å². The van der Waals surface area contributed by atoms with Crippen LogP contribution in [0.15, 0.2) is 23.7 Å². The highest BCUT2D eigenvalue weighted by Crippen LogP contribution is 2.32. The number of benzene rings is 1. The lowest BCUT2D eigenvalue weighted by Crippen LogP contribution is -2.29. The molecule has 0 aliphatic carbocycles. The van der Waals surface area contributed by atoms with Gasteiger partial charge in [-0.15, -0.1) is 11.3 Å². The van der Waals surface area contributed by atoms with Crippen LogP contribution in [0.3, 0.4) is 0 Å². The Hall–Kier alpha value is -2.01. The average molecular weight is 258 g/mol. The van der Waals surface area contributed by atoms with Crippen molar-refractivity contribution in [3.63, 3.8) is 0 Å². The van der Waals surface area contributed by atoms with Gasteiger partial charge in [-0.3, -0.25) is 9.59 Å². The van der Waals surface area contributed by atoms with E-state index in [1.807, 2.05) is 26.0 Å². The zero-order valence-corrected chi connectivity index (χ0v) is 10.7. The van der Waals surface area contributed by atoms with Crippen molar-refractivity contribution in [2.75, 3.05) is 4.90 Å². The van der Waals surface area contributed by atoms with Gasteiger partial charge in [0.1, 0.15) is 0 Å². The topological polar surface area (TPSA) is 50.3 Å². The summed E-state index contributed by atoms with van der Waals surface area (Å²) in [5.41, 5.74) is 2.67. The van der Waals surface area contributed by atoms with Gasteiger partial charge in [0.15, 0.2) is 5.13 Å². The molecule has 2 amide bonds. The van der Waals surface area contributed by atoms with E-state index in [2.05, 4.69) is 4.98 Å². The fraction of sp³-hybridized carbons (Fsp3) is 0.154. The minimum atomic E-state index is -0.272. The maximum Gasteiger partial charge on any atom is 0.268 e. The minimum absolute atomic E-state index is 0.272. The third kappa shape index (κ3) is 1.34. The van der Waals surface area contributed by atoms with E-state index in [1.165, 1.54) is 11.3 Å². The van der Waals surface area contributed by atoms with Crippen molar-refractivity contribution >= 4 is 28.3 Å². The SMILES string of the molecule is Cc1ccc(C)c2c1C(=O)N(c1nccs1)C2=O. The molecule has 0 saturated carbocycles. The summed E-state index contributed by atoms with van der Waals surface area (Å²) in [6, 6.07) is 3.73. The highest BCUT2D eigenvalue weighted by atomic mass is 32.1. The predicted octanol–water partition coefficient (Wildman–Crippen LogP) is 2.56. The molecule has 5 heteroatoms. The molecule has 1 aliphatic heterocycles. The molecule has 90 valence electrons. The molecule has 0 fully saturated rings. The molecule has 0 unspecified atom stereocenters. The number of hydrogen-bond acceptors (Lipinski definition) is 4. The maximum absolute atomic E-state index is 12.4. The first kappa shape index (κ1) is 11.1. The van der Waals surface area contributed by atoms with Crippen LogP contribution in [0.4, 0.5) is 5.13 Å². The summed E-state index contributed by atoms with van der Waals surface area (Å²) in [7, 11) is 0. The molecule has 1 aliphatic rings. The second kappa shape index (κ2) is 3.74. The molecule has 18 heavy (non-hydrogen) atoms. The van der Waals surface area contributed by atoms with Gasteiger partial charge >= 0.3 is 0 Å². The third-order valence-electron chi connectivity index (χ3n) is 3.07. The highest BCUT2D eigenvalue weighted by molar-refractivity contribution is 7.14. The molecule has 0 atom stereocenters. The normalized spacial score (nSPS) is 14.2. The molecule has 3 rings (SSSR count). The Morgan fingerprint density at radius 1 is 1.06 bits per heavy atom. The summed E-state index contributed by atoms with van der Waals surface area (Å²) in [5.74, 6) is -0.544. The standard InChI is InChI=1S/C13H10N2O2S/c1-7-3-4-8(2)10-9(7)11(16)15(12(10)17)13-14-5-6-18-13/h3-6H,1-2H3. The van der Waals surface area contributed by atoms with Crippen LogP contribution < -0.4 is 4.90 Å². The largest absolute Gasteiger partial charge is 0.268 e. The summed E-state index contributed by atoms with van der Waals surface area (Å²) in [5, 5.41) is 2.18. The fourth-order valence-electron chi connectivity index (χ4n) is 2.18. The quantitative estimate of drug-likeness (QED) is 0.739. The van der Waals surface area contributed by atoms with Gasteiger partial charge in [0, 0.05) is 11.6 Å². The molecule has 4 nitrogen and oxygen atoms in total. The summed E-state index contributed by atoms with van der Waals surface area (Å²) >= 11 is 1.28. The van der Waals surface area contributed by atoms with Gasteiger partial charge in [-0.2, -0.15) is 0 Å². The van der Waals surface area contributed by atoms with Gasteiger partial charge in [0.05, 0.1) is 11.1 Å². The molecule has 1 aromatic heterocycles. The Bertz CT molecular complexity index is 621. The summed E-state index contributed by atoms with van der Waals surface area (Å²) in [6.07, 6.45) is 1.59. The molecular formula is C13H10N2O2S. The van der Waals surface area contributed by atoms with Gasteiger partial charge in [0.2, 0.25) is 0 Å². The van der Waals surface area contributed by atoms with Gasteiger partial charge in [-0.1, -0.05) is 12.1 Å². The molecule has 0 spiro atoms.